The Morgan fingerprint density at radius 3 is 2.34 bits per heavy atom. The molecule has 1 N–H and O–H groups in total. The van der Waals surface area contributed by atoms with Crippen molar-refractivity contribution in [3.8, 4) is 5.75 Å². The lowest BCUT2D eigenvalue weighted by molar-refractivity contribution is -0.117. The average molecular weight is 386 g/mol. The Morgan fingerprint density at radius 2 is 1.62 bits per heavy atom. The van der Waals surface area contributed by atoms with E-state index in [1.54, 1.807) is 36.3 Å². The van der Waals surface area contributed by atoms with Crippen molar-refractivity contribution in [2.45, 2.75) is 12.3 Å². The number of anilines is 2. The first-order chi connectivity index (χ1) is 14.2. The molecule has 0 saturated heterocycles. The number of ether oxygens (including phenoxy) is 1. The molecule has 0 spiro atoms. The molecule has 3 aromatic carbocycles. The monoisotopic (exact) mass is 386 g/mol. The Bertz CT molecular complexity index is 1020. The third-order valence-electron chi connectivity index (χ3n) is 5.18. The second kappa shape index (κ2) is 8.19. The number of hydrogen-bond donors (Lipinski definition) is 1. The number of methoxy groups -OCH3 is 1. The molecule has 5 nitrogen and oxygen atoms in total. The Morgan fingerprint density at radius 1 is 0.931 bits per heavy atom. The van der Waals surface area contributed by atoms with Crippen LogP contribution in [0, 0.1) is 0 Å². The molecule has 1 aliphatic rings. The fourth-order valence-electron chi connectivity index (χ4n) is 3.69. The van der Waals surface area contributed by atoms with Gasteiger partial charge in [0.1, 0.15) is 5.75 Å². The van der Waals surface area contributed by atoms with Gasteiger partial charge in [0, 0.05) is 23.5 Å². The smallest absolute Gasteiger partial charge is 0.258 e. The number of para-hydroxylation sites is 2. The molecule has 29 heavy (non-hydrogen) atoms. The number of carbonyl (C=O) groups excluding carboxylic acids is 2. The average Bonchev–Trinajstić information content (AvgIpc) is 2.78. The number of rotatable bonds is 4. The molecule has 0 saturated carbocycles. The van der Waals surface area contributed by atoms with Gasteiger partial charge < -0.3 is 15.0 Å². The van der Waals surface area contributed by atoms with Crippen LogP contribution in [0.3, 0.4) is 0 Å². The van der Waals surface area contributed by atoms with Crippen LogP contribution in [-0.2, 0) is 4.79 Å². The number of benzene rings is 3. The van der Waals surface area contributed by atoms with Gasteiger partial charge in [0.05, 0.1) is 13.0 Å². The molecule has 1 heterocycles. The minimum Gasteiger partial charge on any atom is -0.497 e. The molecule has 0 radical (unpaired) electrons. The van der Waals surface area contributed by atoms with E-state index in [0.717, 1.165) is 16.9 Å². The van der Waals surface area contributed by atoms with E-state index in [0.29, 0.717) is 24.3 Å². The lowest BCUT2D eigenvalue weighted by Gasteiger charge is -2.33. The van der Waals surface area contributed by atoms with Gasteiger partial charge >= 0.3 is 0 Å². The van der Waals surface area contributed by atoms with Crippen LogP contribution < -0.4 is 15.0 Å². The van der Waals surface area contributed by atoms with Crippen LogP contribution in [0.1, 0.15) is 28.3 Å². The third-order valence-corrected chi connectivity index (χ3v) is 5.18. The molecule has 0 bridgehead atoms. The standard InChI is InChI=1S/C24H22N2O3/c1-29-19-13-11-17(12-14-19)24(28)26-16-15-21(20-9-5-6-10-22(20)26)23(27)25-18-7-3-2-4-8-18/h2-14,21H,15-16H2,1H3,(H,25,27)/t21-/m0/s1. The Hall–Kier alpha value is -3.60. The SMILES string of the molecule is COc1ccc(C(=O)N2CC[C@H](C(=O)Nc3ccccc3)c3ccccc32)cc1. The quantitative estimate of drug-likeness (QED) is 0.720. The van der Waals surface area contributed by atoms with Gasteiger partial charge in [-0.2, -0.15) is 0 Å². The van der Waals surface area contributed by atoms with Crippen molar-refractivity contribution in [3.63, 3.8) is 0 Å². The Kier molecular flexibility index (Phi) is 5.29. The first-order valence-electron chi connectivity index (χ1n) is 9.58. The molecular formula is C24H22N2O3. The number of carbonyl (C=O) groups is 2. The highest BCUT2D eigenvalue weighted by Gasteiger charge is 2.32. The van der Waals surface area contributed by atoms with Gasteiger partial charge in [-0.3, -0.25) is 9.59 Å². The zero-order valence-corrected chi connectivity index (χ0v) is 16.2. The molecule has 0 aliphatic carbocycles. The number of fused-ring (bicyclic) bond motifs is 1. The van der Waals surface area contributed by atoms with E-state index in [-0.39, 0.29) is 17.7 Å². The lowest BCUT2D eigenvalue weighted by Crippen LogP contribution is -2.39. The van der Waals surface area contributed by atoms with Crippen molar-refractivity contribution in [1.82, 2.24) is 0 Å². The minimum absolute atomic E-state index is 0.0554. The first-order valence-corrected chi connectivity index (χ1v) is 9.58. The van der Waals surface area contributed by atoms with Crippen LogP contribution in [0.15, 0.2) is 78.9 Å². The van der Waals surface area contributed by atoms with Gasteiger partial charge in [-0.05, 0) is 54.4 Å². The van der Waals surface area contributed by atoms with Crippen LogP contribution in [0.5, 0.6) is 5.75 Å². The third kappa shape index (κ3) is 3.85. The summed E-state index contributed by atoms with van der Waals surface area (Å²) in [4.78, 5) is 27.8. The zero-order valence-electron chi connectivity index (χ0n) is 16.2. The highest BCUT2D eigenvalue weighted by atomic mass is 16.5. The highest BCUT2D eigenvalue weighted by Crippen LogP contribution is 2.36. The topological polar surface area (TPSA) is 58.6 Å². The fourth-order valence-corrected chi connectivity index (χ4v) is 3.69. The molecule has 0 fully saturated rings. The summed E-state index contributed by atoms with van der Waals surface area (Å²) in [7, 11) is 1.60. The highest BCUT2D eigenvalue weighted by molar-refractivity contribution is 6.08. The molecule has 4 rings (SSSR count). The van der Waals surface area contributed by atoms with Crippen molar-refractivity contribution >= 4 is 23.2 Å². The van der Waals surface area contributed by atoms with Gasteiger partial charge in [0.2, 0.25) is 5.91 Å². The van der Waals surface area contributed by atoms with E-state index in [2.05, 4.69) is 5.32 Å². The predicted molar refractivity (Wildman–Crippen MR) is 114 cm³/mol. The van der Waals surface area contributed by atoms with E-state index < -0.39 is 0 Å². The van der Waals surface area contributed by atoms with Crippen LogP contribution >= 0.6 is 0 Å². The molecule has 1 atom stereocenters. The van der Waals surface area contributed by atoms with E-state index in [1.165, 1.54) is 0 Å². The zero-order chi connectivity index (χ0) is 20.2. The number of amides is 2. The molecule has 5 heteroatoms. The minimum atomic E-state index is -0.300. The number of nitrogens with zero attached hydrogens (tertiary/aromatic N) is 1. The Balaban J connectivity index is 1.59. The van der Waals surface area contributed by atoms with Crippen LogP contribution in [0.25, 0.3) is 0 Å². The summed E-state index contributed by atoms with van der Waals surface area (Å²) in [6.07, 6.45) is 0.567. The predicted octanol–water partition coefficient (Wildman–Crippen LogP) is 4.47. The normalized spacial score (nSPS) is 15.3. The van der Waals surface area contributed by atoms with Crippen molar-refractivity contribution in [1.29, 1.82) is 0 Å². The summed E-state index contributed by atoms with van der Waals surface area (Å²) in [6.45, 7) is 0.481. The summed E-state index contributed by atoms with van der Waals surface area (Å²) in [5.41, 5.74) is 3.02. The maximum absolute atomic E-state index is 13.1. The van der Waals surface area contributed by atoms with Gasteiger partial charge in [-0.15, -0.1) is 0 Å². The fraction of sp³-hybridized carbons (Fsp3) is 0.167. The molecule has 0 unspecified atom stereocenters. The number of nitrogens with one attached hydrogen (secondary N) is 1. The largest absolute Gasteiger partial charge is 0.497 e. The maximum Gasteiger partial charge on any atom is 0.258 e. The summed E-state index contributed by atoms with van der Waals surface area (Å²) < 4.78 is 5.17. The second-order valence-electron chi connectivity index (χ2n) is 6.94. The summed E-state index contributed by atoms with van der Waals surface area (Å²) in [5.74, 6) is 0.270. The molecule has 0 aromatic heterocycles. The van der Waals surface area contributed by atoms with Crippen molar-refractivity contribution in [2.75, 3.05) is 23.9 Å². The Labute approximate surface area is 169 Å². The lowest BCUT2D eigenvalue weighted by atomic mass is 9.88. The molecule has 1 aliphatic heterocycles. The molecule has 146 valence electrons. The van der Waals surface area contributed by atoms with Crippen molar-refractivity contribution in [3.05, 3.63) is 90.0 Å². The van der Waals surface area contributed by atoms with E-state index in [4.69, 9.17) is 4.74 Å². The first kappa shape index (κ1) is 18.7. The molecular weight excluding hydrogens is 364 g/mol. The van der Waals surface area contributed by atoms with Gasteiger partial charge in [-0.25, -0.2) is 0 Å². The van der Waals surface area contributed by atoms with E-state index >= 15 is 0 Å². The van der Waals surface area contributed by atoms with E-state index in [1.807, 2.05) is 54.6 Å². The van der Waals surface area contributed by atoms with Crippen LogP contribution in [0.2, 0.25) is 0 Å². The van der Waals surface area contributed by atoms with E-state index in [9.17, 15) is 9.59 Å². The summed E-state index contributed by atoms with van der Waals surface area (Å²) >= 11 is 0. The molecule has 2 amide bonds. The van der Waals surface area contributed by atoms with Crippen molar-refractivity contribution in [2.24, 2.45) is 0 Å². The molecule has 3 aromatic rings. The van der Waals surface area contributed by atoms with Crippen LogP contribution in [0.4, 0.5) is 11.4 Å². The van der Waals surface area contributed by atoms with Gasteiger partial charge in [-0.1, -0.05) is 36.4 Å². The second-order valence-corrected chi connectivity index (χ2v) is 6.94. The van der Waals surface area contributed by atoms with Gasteiger partial charge in [0.25, 0.3) is 5.91 Å². The van der Waals surface area contributed by atoms with Gasteiger partial charge in [0.15, 0.2) is 0 Å². The summed E-state index contributed by atoms with van der Waals surface area (Å²) in [6, 6.07) is 24.1. The number of hydrogen-bond acceptors (Lipinski definition) is 3. The summed E-state index contributed by atoms with van der Waals surface area (Å²) in [5, 5.41) is 2.98. The maximum atomic E-state index is 13.1. The van der Waals surface area contributed by atoms with Crippen LogP contribution in [-0.4, -0.2) is 25.5 Å². The van der Waals surface area contributed by atoms with Crippen molar-refractivity contribution < 1.29 is 14.3 Å².